The molecular formula is C20H31N3O3S. The summed E-state index contributed by atoms with van der Waals surface area (Å²) in [5.74, 6) is -0.109. The lowest BCUT2D eigenvalue weighted by Crippen LogP contribution is -2.44. The van der Waals surface area contributed by atoms with Crippen molar-refractivity contribution in [3.63, 3.8) is 0 Å². The lowest BCUT2D eigenvalue weighted by atomic mass is 10.0. The zero-order valence-electron chi connectivity index (χ0n) is 16.4. The number of piperidine rings is 1. The van der Waals surface area contributed by atoms with Crippen molar-refractivity contribution in [1.82, 2.24) is 14.9 Å². The fourth-order valence-corrected chi connectivity index (χ4v) is 4.43. The summed E-state index contributed by atoms with van der Waals surface area (Å²) < 4.78 is 26.8. The monoisotopic (exact) mass is 393 g/mol. The molecule has 27 heavy (non-hydrogen) atoms. The molecule has 0 radical (unpaired) electrons. The fraction of sp³-hybridized carbons (Fsp3) is 0.550. The third-order valence-corrected chi connectivity index (χ3v) is 6.16. The minimum atomic E-state index is -3.49. The van der Waals surface area contributed by atoms with Gasteiger partial charge in [0.15, 0.2) is 0 Å². The summed E-state index contributed by atoms with van der Waals surface area (Å²) in [4.78, 5) is 14.8. The van der Waals surface area contributed by atoms with E-state index in [1.807, 2.05) is 0 Å². The Kier molecular flexibility index (Phi) is 8.01. The molecule has 0 atom stereocenters. The Morgan fingerprint density at radius 1 is 1.22 bits per heavy atom. The second kappa shape index (κ2) is 10.0. The van der Waals surface area contributed by atoms with Gasteiger partial charge in [0, 0.05) is 31.2 Å². The number of carbonyl (C=O) groups excluding carboxylic acids is 1. The van der Waals surface area contributed by atoms with E-state index >= 15 is 0 Å². The number of benzene rings is 1. The molecule has 1 aromatic carbocycles. The number of nitrogens with one attached hydrogen (secondary N) is 2. The van der Waals surface area contributed by atoms with E-state index in [0.29, 0.717) is 0 Å². The standard InChI is InChI=1S/C20H31N3O3S/c1-4-13-23-14-11-18(12-15-23)21-20(24)10-7-17-5-8-19(9-6-17)27(25,26)22-16(2)3/h5-10,16,18,22H,4,11-15H2,1-3H3,(H,21,24). The van der Waals surface area contributed by atoms with Gasteiger partial charge in [0.1, 0.15) is 0 Å². The predicted octanol–water partition coefficient (Wildman–Crippen LogP) is 2.38. The molecule has 2 N–H and O–H groups in total. The highest BCUT2D eigenvalue weighted by Crippen LogP contribution is 2.13. The van der Waals surface area contributed by atoms with Crippen LogP contribution < -0.4 is 10.0 Å². The third-order valence-electron chi connectivity index (χ3n) is 4.48. The Bertz CT molecular complexity index is 734. The van der Waals surface area contributed by atoms with Gasteiger partial charge in [-0.05, 0) is 63.4 Å². The number of hydrogen-bond donors (Lipinski definition) is 2. The van der Waals surface area contributed by atoms with Crippen molar-refractivity contribution in [2.75, 3.05) is 19.6 Å². The smallest absolute Gasteiger partial charge is 0.244 e. The van der Waals surface area contributed by atoms with Crippen LogP contribution in [0.25, 0.3) is 6.08 Å². The van der Waals surface area contributed by atoms with E-state index in [0.717, 1.165) is 44.5 Å². The van der Waals surface area contributed by atoms with E-state index in [1.54, 1.807) is 44.2 Å². The van der Waals surface area contributed by atoms with Crippen LogP contribution in [0.2, 0.25) is 0 Å². The summed E-state index contributed by atoms with van der Waals surface area (Å²) in [7, 11) is -3.49. The van der Waals surface area contributed by atoms with Crippen LogP contribution in [-0.4, -0.2) is 50.9 Å². The Hall–Kier alpha value is -1.70. The molecule has 0 aromatic heterocycles. The summed E-state index contributed by atoms with van der Waals surface area (Å²) in [6.07, 6.45) is 6.33. The largest absolute Gasteiger partial charge is 0.350 e. The summed E-state index contributed by atoms with van der Waals surface area (Å²) >= 11 is 0. The first kappa shape index (κ1) is 21.6. The maximum absolute atomic E-state index is 12.1. The Balaban J connectivity index is 1.86. The second-order valence-electron chi connectivity index (χ2n) is 7.30. The molecule has 1 saturated heterocycles. The van der Waals surface area contributed by atoms with Gasteiger partial charge in [-0.15, -0.1) is 0 Å². The molecule has 6 nitrogen and oxygen atoms in total. The van der Waals surface area contributed by atoms with Gasteiger partial charge in [-0.2, -0.15) is 0 Å². The normalized spacial score (nSPS) is 16.9. The van der Waals surface area contributed by atoms with E-state index in [4.69, 9.17) is 0 Å². The molecule has 0 bridgehead atoms. The third kappa shape index (κ3) is 7.08. The van der Waals surface area contributed by atoms with E-state index in [-0.39, 0.29) is 22.9 Å². The van der Waals surface area contributed by atoms with Gasteiger partial charge in [-0.3, -0.25) is 4.79 Å². The minimum Gasteiger partial charge on any atom is -0.350 e. The number of likely N-dealkylation sites (tertiary alicyclic amines) is 1. The Labute approximate surface area is 163 Å². The SMILES string of the molecule is CCCN1CCC(NC(=O)C=Cc2ccc(S(=O)(=O)NC(C)C)cc2)CC1. The van der Waals surface area contributed by atoms with Crippen molar-refractivity contribution < 1.29 is 13.2 Å². The molecule has 0 aliphatic carbocycles. The van der Waals surface area contributed by atoms with Crippen molar-refractivity contribution in [1.29, 1.82) is 0 Å². The van der Waals surface area contributed by atoms with Gasteiger partial charge < -0.3 is 10.2 Å². The number of hydrogen-bond acceptors (Lipinski definition) is 4. The summed E-state index contributed by atoms with van der Waals surface area (Å²) in [6, 6.07) is 6.55. The zero-order chi connectivity index (χ0) is 19.9. The van der Waals surface area contributed by atoms with Gasteiger partial charge in [-0.1, -0.05) is 19.1 Å². The lowest BCUT2D eigenvalue weighted by molar-refractivity contribution is -0.117. The van der Waals surface area contributed by atoms with Gasteiger partial charge in [0.25, 0.3) is 0 Å². The molecule has 1 heterocycles. The highest BCUT2D eigenvalue weighted by Gasteiger charge is 2.19. The van der Waals surface area contributed by atoms with Crippen molar-refractivity contribution in [3.05, 3.63) is 35.9 Å². The average Bonchev–Trinajstić information content (AvgIpc) is 2.61. The molecule has 150 valence electrons. The topological polar surface area (TPSA) is 78.5 Å². The zero-order valence-corrected chi connectivity index (χ0v) is 17.3. The average molecular weight is 394 g/mol. The molecule has 2 rings (SSSR count). The van der Waals surface area contributed by atoms with Crippen molar-refractivity contribution >= 4 is 22.0 Å². The van der Waals surface area contributed by atoms with E-state index < -0.39 is 10.0 Å². The van der Waals surface area contributed by atoms with Crippen LogP contribution in [0.5, 0.6) is 0 Å². The van der Waals surface area contributed by atoms with Crippen LogP contribution in [0.15, 0.2) is 35.2 Å². The number of sulfonamides is 1. The number of nitrogens with zero attached hydrogens (tertiary/aromatic N) is 1. The first-order valence-electron chi connectivity index (χ1n) is 9.63. The van der Waals surface area contributed by atoms with Crippen molar-refractivity contribution in [2.45, 2.75) is 57.0 Å². The molecule has 1 aliphatic heterocycles. The minimum absolute atomic E-state index is 0.109. The molecule has 1 fully saturated rings. The van der Waals surface area contributed by atoms with Crippen LogP contribution >= 0.6 is 0 Å². The van der Waals surface area contributed by atoms with Crippen LogP contribution in [0, 0.1) is 0 Å². The van der Waals surface area contributed by atoms with Crippen LogP contribution in [0.4, 0.5) is 0 Å². The molecule has 0 spiro atoms. The second-order valence-corrected chi connectivity index (χ2v) is 9.02. The van der Waals surface area contributed by atoms with Crippen LogP contribution in [0.3, 0.4) is 0 Å². The van der Waals surface area contributed by atoms with Gasteiger partial charge in [-0.25, -0.2) is 13.1 Å². The maximum atomic E-state index is 12.1. The highest BCUT2D eigenvalue weighted by molar-refractivity contribution is 7.89. The van der Waals surface area contributed by atoms with Gasteiger partial charge >= 0.3 is 0 Å². The maximum Gasteiger partial charge on any atom is 0.244 e. The quantitative estimate of drug-likeness (QED) is 0.665. The van der Waals surface area contributed by atoms with Crippen molar-refractivity contribution in [2.24, 2.45) is 0 Å². The lowest BCUT2D eigenvalue weighted by Gasteiger charge is -2.31. The predicted molar refractivity (Wildman–Crippen MR) is 109 cm³/mol. The van der Waals surface area contributed by atoms with Gasteiger partial charge in [0.2, 0.25) is 15.9 Å². The summed E-state index contributed by atoms with van der Waals surface area (Å²) in [6.45, 7) is 8.92. The van der Waals surface area contributed by atoms with E-state index in [9.17, 15) is 13.2 Å². The van der Waals surface area contributed by atoms with Crippen LogP contribution in [0.1, 0.15) is 45.6 Å². The molecular weight excluding hydrogens is 362 g/mol. The number of rotatable bonds is 8. The number of carbonyl (C=O) groups is 1. The Morgan fingerprint density at radius 3 is 2.41 bits per heavy atom. The van der Waals surface area contributed by atoms with E-state index in [1.165, 1.54) is 6.08 Å². The summed E-state index contributed by atoms with van der Waals surface area (Å²) in [5.41, 5.74) is 0.784. The highest BCUT2D eigenvalue weighted by atomic mass is 32.2. The fourth-order valence-electron chi connectivity index (χ4n) is 3.17. The molecule has 1 aromatic rings. The van der Waals surface area contributed by atoms with Gasteiger partial charge in [0.05, 0.1) is 4.90 Å². The first-order chi connectivity index (χ1) is 12.8. The van der Waals surface area contributed by atoms with Crippen molar-refractivity contribution in [3.8, 4) is 0 Å². The van der Waals surface area contributed by atoms with E-state index in [2.05, 4.69) is 21.9 Å². The van der Waals surface area contributed by atoms with Crippen LogP contribution in [-0.2, 0) is 14.8 Å². The number of amides is 1. The molecule has 0 saturated carbocycles. The molecule has 1 aliphatic rings. The first-order valence-corrected chi connectivity index (χ1v) is 11.1. The molecule has 7 heteroatoms. The summed E-state index contributed by atoms with van der Waals surface area (Å²) in [5, 5.41) is 3.05. The molecule has 1 amide bonds. The molecule has 0 unspecified atom stereocenters. The Morgan fingerprint density at radius 2 is 1.85 bits per heavy atom.